The molecule has 0 spiro atoms. The SMILES string of the molecule is CC1(C)N=C(c2ccccc2)N(c2ccc(-c3c4ccccc4c(-c4ccc5ccccc5c4)c4ccccc34)cc2)C1(C)C. The van der Waals surface area contributed by atoms with Crippen LogP contribution in [0.4, 0.5) is 5.69 Å². The van der Waals surface area contributed by atoms with Crippen molar-refractivity contribution < 1.29 is 0 Å². The van der Waals surface area contributed by atoms with Crippen LogP contribution in [0.2, 0.25) is 0 Å². The first-order valence-corrected chi connectivity index (χ1v) is 15.8. The molecular formula is C43H36N2. The van der Waals surface area contributed by atoms with Crippen molar-refractivity contribution >= 4 is 43.8 Å². The third-order valence-electron chi connectivity index (χ3n) is 10.1. The maximum absolute atomic E-state index is 5.26. The number of aliphatic imine (C=N–C) groups is 1. The monoisotopic (exact) mass is 580 g/mol. The molecule has 0 bridgehead atoms. The Morgan fingerprint density at radius 3 is 1.53 bits per heavy atom. The molecule has 218 valence electrons. The third-order valence-corrected chi connectivity index (χ3v) is 10.1. The molecule has 0 fully saturated rings. The van der Waals surface area contributed by atoms with E-state index in [1.807, 2.05) is 0 Å². The highest BCUT2D eigenvalue weighted by atomic mass is 15.3. The molecule has 0 saturated heterocycles. The smallest absolute Gasteiger partial charge is 0.136 e. The molecule has 45 heavy (non-hydrogen) atoms. The van der Waals surface area contributed by atoms with E-state index in [1.165, 1.54) is 54.6 Å². The first-order valence-electron chi connectivity index (χ1n) is 15.8. The number of benzene rings is 7. The van der Waals surface area contributed by atoms with Gasteiger partial charge in [-0.2, -0.15) is 0 Å². The maximum atomic E-state index is 5.26. The molecule has 0 aliphatic carbocycles. The van der Waals surface area contributed by atoms with Gasteiger partial charge in [0, 0.05) is 11.3 Å². The molecule has 0 N–H and O–H groups in total. The lowest BCUT2D eigenvalue weighted by atomic mass is 9.82. The molecule has 0 atom stereocenters. The van der Waals surface area contributed by atoms with E-state index in [0.717, 1.165) is 17.1 Å². The average Bonchev–Trinajstić information content (AvgIpc) is 3.26. The van der Waals surface area contributed by atoms with Gasteiger partial charge in [-0.3, -0.25) is 4.99 Å². The van der Waals surface area contributed by atoms with Crippen LogP contribution in [0.5, 0.6) is 0 Å². The second-order valence-electron chi connectivity index (χ2n) is 13.2. The lowest BCUT2D eigenvalue weighted by molar-refractivity contribution is 0.338. The Bertz CT molecular complexity index is 2200. The summed E-state index contributed by atoms with van der Waals surface area (Å²) in [5, 5.41) is 7.59. The van der Waals surface area contributed by atoms with Gasteiger partial charge in [-0.15, -0.1) is 0 Å². The van der Waals surface area contributed by atoms with Crippen LogP contribution < -0.4 is 4.90 Å². The van der Waals surface area contributed by atoms with E-state index in [1.54, 1.807) is 0 Å². The zero-order valence-electron chi connectivity index (χ0n) is 26.3. The topological polar surface area (TPSA) is 15.6 Å². The van der Waals surface area contributed by atoms with Crippen LogP contribution in [-0.4, -0.2) is 16.9 Å². The Balaban J connectivity index is 1.31. The largest absolute Gasteiger partial charge is 0.318 e. The van der Waals surface area contributed by atoms with Crippen molar-refractivity contribution in [3.63, 3.8) is 0 Å². The summed E-state index contributed by atoms with van der Waals surface area (Å²) in [6.45, 7) is 9.07. The van der Waals surface area contributed by atoms with Gasteiger partial charge in [0.25, 0.3) is 0 Å². The molecule has 0 unspecified atom stereocenters. The highest BCUT2D eigenvalue weighted by molar-refractivity contribution is 6.22. The number of fused-ring (bicyclic) bond motifs is 3. The minimum absolute atomic E-state index is 0.208. The summed E-state index contributed by atoms with van der Waals surface area (Å²) in [6.07, 6.45) is 0. The van der Waals surface area contributed by atoms with Gasteiger partial charge in [-0.25, -0.2) is 0 Å². The van der Waals surface area contributed by atoms with Gasteiger partial charge in [0.15, 0.2) is 0 Å². The van der Waals surface area contributed by atoms with E-state index >= 15 is 0 Å². The molecule has 2 heteroatoms. The van der Waals surface area contributed by atoms with Gasteiger partial charge in [-0.1, -0.05) is 127 Å². The van der Waals surface area contributed by atoms with Gasteiger partial charge in [0.1, 0.15) is 5.84 Å². The van der Waals surface area contributed by atoms with Crippen LogP contribution in [0.1, 0.15) is 33.3 Å². The van der Waals surface area contributed by atoms with Crippen molar-refractivity contribution in [3.05, 3.63) is 151 Å². The second kappa shape index (κ2) is 10.2. The summed E-state index contributed by atoms with van der Waals surface area (Å²) in [5.74, 6) is 1.02. The molecule has 7 aromatic rings. The van der Waals surface area contributed by atoms with Crippen LogP contribution in [0.3, 0.4) is 0 Å². The molecule has 0 amide bonds. The Morgan fingerprint density at radius 1 is 0.444 bits per heavy atom. The van der Waals surface area contributed by atoms with E-state index < -0.39 is 0 Å². The molecule has 8 rings (SSSR count). The van der Waals surface area contributed by atoms with Crippen molar-refractivity contribution in [3.8, 4) is 22.3 Å². The summed E-state index contributed by atoms with van der Waals surface area (Å²) >= 11 is 0. The number of nitrogens with zero attached hydrogens (tertiary/aromatic N) is 2. The predicted molar refractivity (Wildman–Crippen MR) is 193 cm³/mol. The number of amidine groups is 1. The van der Waals surface area contributed by atoms with Gasteiger partial charge < -0.3 is 4.90 Å². The van der Waals surface area contributed by atoms with Crippen molar-refractivity contribution in [1.82, 2.24) is 0 Å². The van der Waals surface area contributed by atoms with Crippen LogP contribution >= 0.6 is 0 Å². The standard InChI is InChI=1S/C43H36N2/c1-42(2)43(3,4)45(41(44-42)31-15-6-5-7-16-31)34-26-24-30(25-27-34)39-35-18-10-12-20-37(35)40(38-21-13-11-19-36(38)39)33-23-22-29-14-8-9-17-32(29)28-33/h5-28H,1-4H3. The van der Waals surface area contributed by atoms with Gasteiger partial charge >= 0.3 is 0 Å². The Kier molecular flexibility index (Phi) is 6.18. The molecule has 0 radical (unpaired) electrons. The lowest BCUT2D eigenvalue weighted by Gasteiger charge is -2.41. The number of hydrogen-bond acceptors (Lipinski definition) is 2. The molecule has 0 saturated carbocycles. The van der Waals surface area contributed by atoms with Crippen LogP contribution in [0, 0.1) is 0 Å². The molecule has 1 heterocycles. The van der Waals surface area contributed by atoms with Gasteiger partial charge in [0.2, 0.25) is 0 Å². The summed E-state index contributed by atoms with van der Waals surface area (Å²) in [5.41, 5.74) is 6.86. The minimum Gasteiger partial charge on any atom is -0.318 e. The minimum atomic E-state index is -0.248. The molecular weight excluding hydrogens is 544 g/mol. The van der Waals surface area contributed by atoms with Crippen LogP contribution in [-0.2, 0) is 0 Å². The average molecular weight is 581 g/mol. The summed E-state index contributed by atoms with van der Waals surface area (Å²) in [4.78, 5) is 7.69. The Labute approximate surface area is 265 Å². The van der Waals surface area contributed by atoms with Crippen molar-refractivity contribution in [2.75, 3.05) is 4.90 Å². The lowest BCUT2D eigenvalue weighted by Crippen LogP contribution is -2.53. The fourth-order valence-electron chi connectivity index (χ4n) is 7.09. The number of anilines is 1. The number of hydrogen-bond donors (Lipinski definition) is 0. The highest BCUT2D eigenvalue weighted by Crippen LogP contribution is 2.46. The van der Waals surface area contributed by atoms with E-state index in [-0.39, 0.29) is 11.1 Å². The maximum Gasteiger partial charge on any atom is 0.136 e. The third kappa shape index (κ3) is 4.28. The van der Waals surface area contributed by atoms with E-state index in [9.17, 15) is 0 Å². The van der Waals surface area contributed by atoms with E-state index in [2.05, 4.69) is 178 Å². The summed E-state index contributed by atoms with van der Waals surface area (Å²) in [6, 6.07) is 52.9. The Hall–Kier alpha value is -5.21. The summed E-state index contributed by atoms with van der Waals surface area (Å²) < 4.78 is 0. The highest BCUT2D eigenvalue weighted by Gasteiger charge is 2.49. The summed E-state index contributed by atoms with van der Waals surface area (Å²) in [7, 11) is 0. The molecule has 1 aliphatic heterocycles. The number of rotatable bonds is 4. The van der Waals surface area contributed by atoms with E-state index in [0.29, 0.717) is 0 Å². The zero-order chi connectivity index (χ0) is 30.8. The fourth-order valence-corrected chi connectivity index (χ4v) is 7.09. The van der Waals surface area contributed by atoms with Gasteiger partial charge in [-0.05, 0) is 100 Å². The predicted octanol–water partition coefficient (Wildman–Crippen LogP) is 11.3. The second-order valence-corrected chi connectivity index (χ2v) is 13.2. The van der Waals surface area contributed by atoms with E-state index in [4.69, 9.17) is 4.99 Å². The molecule has 1 aliphatic rings. The van der Waals surface area contributed by atoms with Crippen molar-refractivity contribution in [2.45, 2.75) is 38.8 Å². The molecule has 0 aromatic heterocycles. The van der Waals surface area contributed by atoms with Crippen LogP contribution in [0.25, 0.3) is 54.6 Å². The van der Waals surface area contributed by atoms with Gasteiger partial charge in [0.05, 0.1) is 11.1 Å². The van der Waals surface area contributed by atoms with Crippen molar-refractivity contribution in [2.24, 2.45) is 4.99 Å². The fraction of sp³-hybridized carbons (Fsp3) is 0.140. The zero-order valence-corrected chi connectivity index (χ0v) is 26.3. The first-order chi connectivity index (χ1) is 21.8. The first kappa shape index (κ1) is 27.3. The molecule has 2 nitrogen and oxygen atoms in total. The quantitative estimate of drug-likeness (QED) is 0.189. The van der Waals surface area contributed by atoms with Crippen LogP contribution in [0.15, 0.2) is 151 Å². The Morgan fingerprint density at radius 2 is 0.933 bits per heavy atom. The normalized spacial score (nSPS) is 15.6. The van der Waals surface area contributed by atoms with Crippen molar-refractivity contribution in [1.29, 1.82) is 0 Å². The molecule has 7 aromatic carbocycles.